The Morgan fingerprint density at radius 2 is 2.40 bits per heavy atom. The van der Waals surface area contributed by atoms with Gasteiger partial charge in [-0.3, -0.25) is 4.79 Å². The Kier molecular flexibility index (Phi) is 5.95. The summed E-state index contributed by atoms with van der Waals surface area (Å²) in [6.45, 7) is 1.30. The number of hydrogen-bond acceptors (Lipinski definition) is 6. The van der Waals surface area contributed by atoms with E-state index >= 15 is 0 Å². The van der Waals surface area contributed by atoms with Gasteiger partial charge in [0.1, 0.15) is 6.10 Å². The number of thiazole rings is 1. The summed E-state index contributed by atoms with van der Waals surface area (Å²) in [7, 11) is 1.38. The molecule has 1 aliphatic rings. The van der Waals surface area contributed by atoms with Crippen molar-refractivity contribution in [3.8, 4) is 5.75 Å². The van der Waals surface area contributed by atoms with E-state index in [1.807, 2.05) is 5.38 Å². The zero-order valence-electron chi connectivity index (χ0n) is 13.7. The maximum Gasteiger partial charge on any atom is 0.251 e. The number of rotatable bonds is 6. The van der Waals surface area contributed by atoms with E-state index < -0.39 is 5.82 Å². The lowest BCUT2D eigenvalue weighted by molar-refractivity contribution is -0.0742. The van der Waals surface area contributed by atoms with E-state index in [0.717, 1.165) is 5.69 Å². The minimum absolute atomic E-state index is 0.104. The molecule has 0 aliphatic carbocycles. The number of carbonyl (C=O) groups is 1. The summed E-state index contributed by atoms with van der Waals surface area (Å²) in [5.74, 6) is -0.818. The average molecular weight is 366 g/mol. The van der Waals surface area contributed by atoms with Gasteiger partial charge in [-0.25, -0.2) is 9.37 Å². The summed E-state index contributed by atoms with van der Waals surface area (Å²) in [5, 5.41) is 4.82. The fraction of sp³-hybridized carbons (Fsp3) is 0.412. The predicted octanol–water partition coefficient (Wildman–Crippen LogP) is 2.39. The molecule has 6 nitrogen and oxygen atoms in total. The first kappa shape index (κ1) is 17.8. The van der Waals surface area contributed by atoms with E-state index in [1.54, 1.807) is 5.51 Å². The normalized spacial score (nSPS) is 20.2. The van der Waals surface area contributed by atoms with Crippen LogP contribution in [0.15, 0.2) is 29.1 Å². The molecule has 0 unspecified atom stereocenters. The lowest BCUT2D eigenvalue weighted by Gasteiger charge is -2.32. The van der Waals surface area contributed by atoms with Gasteiger partial charge in [-0.1, -0.05) is 0 Å². The van der Waals surface area contributed by atoms with Gasteiger partial charge in [0.05, 0.1) is 37.6 Å². The van der Waals surface area contributed by atoms with Gasteiger partial charge in [0, 0.05) is 17.6 Å². The molecule has 0 spiro atoms. The highest BCUT2D eigenvalue weighted by Gasteiger charge is 2.28. The highest BCUT2D eigenvalue weighted by atomic mass is 32.1. The first-order valence-electron chi connectivity index (χ1n) is 7.88. The van der Waals surface area contributed by atoms with Crippen molar-refractivity contribution < 1.29 is 23.4 Å². The second-order valence-corrected chi connectivity index (χ2v) is 6.34. The average Bonchev–Trinajstić information content (AvgIpc) is 3.14. The van der Waals surface area contributed by atoms with Crippen LogP contribution < -0.4 is 10.1 Å². The SMILES string of the molecule is COc1ccc(C(=O)N[C@@H]2CCOC[C@H]2OCc2cscn2)cc1F. The molecule has 2 heterocycles. The van der Waals surface area contributed by atoms with Crippen molar-refractivity contribution in [2.24, 2.45) is 0 Å². The van der Waals surface area contributed by atoms with Gasteiger partial charge in [0.25, 0.3) is 5.91 Å². The maximum atomic E-state index is 13.8. The van der Waals surface area contributed by atoms with Crippen LogP contribution in [-0.4, -0.2) is 43.4 Å². The van der Waals surface area contributed by atoms with Crippen molar-refractivity contribution in [1.29, 1.82) is 0 Å². The molecule has 2 atom stereocenters. The molecule has 1 N–H and O–H groups in total. The summed E-state index contributed by atoms with van der Waals surface area (Å²) in [6.07, 6.45) is 0.356. The number of amides is 1. The fourth-order valence-corrected chi connectivity index (χ4v) is 3.14. The summed E-state index contributed by atoms with van der Waals surface area (Å²) in [6, 6.07) is 3.93. The predicted molar refractivity (Wildman–Crippen MR) is 90.3 cm³/mol. The summed E-state index contributed by atoms with van der Waals surface area (Å²) < 4.78 is 29.9. The summed E-state index contributed by atoms with van der Waals surface area (Å²) in [4.78, 5) is 16.6. The molecule has 134 valence electrons. The van der Waals surface area contributed by atoms with Gasteiger partial charge in [-0.15, -0.1) is 11.3 Å². The molecular formula is C17H19FN2O4S. The zero-order valence-corrected chi connectivity index (χ0v) is 14.6. The highest BCUT2D eigenvalue weighted by molar-refractivity contribution is 7.07. The van der Waals surface area contributed by atoms with Crippen LogP contribution in [0.2, 0.25) is 0 Å². The summed E-state index contributed by atoms with van der Waals surface area (Å²) >= 11 is 1.50. The molecule has 25 heavy (non-hydrogen) atoms. The Labute approximate surface area is 148 Å². The maximum absolute atomic E-state index is 13.8. The number of halogens is 1. The molecule has 0 radical (unpaired) electrons. The van der Waals surface area contributed by atoms with Gasteiger partial charge in [0.15, 0.2) is 11.6 Å². The van der Waals surface area contributed by atoms with Gasteiger partial charge >= 0.3 is 0 Å². The zero-order chi connectivity index (χ0) is 17.6. The molecule has 1 aromatic carbocycles. The molecule has 8 heteroatoms. The van der Waals surface area contributed by atoms with E-state index in [9.17, 15) is 9.18 Å². The molecule has 0 bridgehead atoms. The second-order valence-electron chi connectivity index (χ2n) is 5.62. The van der Waals surface area contributed by atoms with E-state index in [2.05, 4.69) is 10.3 Å². The lowest BCUT2D eigenvalue weighted by Crippen LogP contribution is -2.50. The quantitative estimate of drug-likeness (QED) is 0.850. The summed E-state index contributed by atoms with van der Waals surface area (Å²) in [5.41, 5.74) is 2.83. The fourth-order valence-electron chi connectivity index (χ4n) is 2.60. The number of carbonyl (C=O) groups excluding carboxylic acids is 1. The third kappa shape index (κ3) is 4.53. The van der Waals surface area contributed by atoms with E-state index in [0.29, 0.717) is 26.2 Å². The first-order chi connectivity index (χ1) is 12.2. The number of nitrogens with zero attached hydrogens (tertiary/aromatic N) is 1. The van der Waals surface area contributed by atoms with Crippen molar-refractivity contribution in [1.82, 2.24) is 10.3 Å². The van der Waals surface area contributed by atoms with Crippen molar-refractivity contribution in [2.45, 2.75) is 25.2 Å². The van der Waals surface area contributed by atoms with Crippen LogP contribution in [0.25, 0.3) is 0 Å². The lowest BCUT2D eigenvalue weighted by atomic mass is 10.0. The van der Waals surface area contributed by atoms with E-state index in [4.69, 9.17) is 14.2 Å². The number of nitrogens with one attached hydrogen (secondary N) is 1. The van der Waals surface area contributed by atoms with E-state index in [1.165, 1.54) is 36.6 Å². The number of hydrogen-bond donors (Lipinski definition) is 1. The topological polar surface area (TPSA) is 69.7 Å². The molecule has 1 amide bonds. The number of benzene rings is 1. The monoisotopic (exact) mass is 366 g/mol. The van der Waals surface area contributed by atoms with E-state index in [-0.39, 0.29) is 29.4 Å². The molecule has 1 aromatic heterocycles. The highest BCUT2D eigenvalue weighted by Crippen LogP contribution is 2.19. The number of aromatic nitrogens is 1. The smallest absolute Gasteiger partial charge is 0.251 e. The van der Waals surface area contributed by atoms with Crippen LogP contribution >= 0.6 is 11.3 Å². The minimum Gasteiger partial charge on any atom is -0.494 e. The largest absolute Gasteiger partial charge is 0.494 e. The molecular weight excluding hydrogens is 347 g/mol. The van der Waals surface area contributed by atoms with Crippen LogP contribution in [0.5, 0.6) is 5.75 Å². The molecule has 3 rings (SSSR count). The Hall–Kier alpha value is -2.03. The van der Waals surface area contributed by atoms with Crippen LogP contribution in [0.3, 0.4) is 0 Å². The molecule has 0 saturated carbocycles. The van der Waals surface area contributed by atoms with Crippen LogP contribution in [-0.2, 0) is 16.1 Å². The minimum atomic E-state index is -0.571. The first-order valence-corrected chi connectivity index (χ1v) is 8.82. The van der Waals surface area contributed by atoms with Crippen molar-refractivity contribution >= 4 is 17.2 Å². The van der Waals surface area contributed by atoms with Crippen molar-refractivity contribution in [3.05, 3.63) is 46.2 Å². The standard InChI is InChI=1S/C17H19FN2O4S/c1-22-15-3-2-11(6-13(15)18)17(21)20-14-4-5-23-8-16(14)24-7-12-9-25-10-19-12/h2-3,6,9-10,14,16H,4-5,7-8H2,1H3,(H,20,21)/t14-,16-/m1/s1. The third-order valence-corrected chi connectivity index (χ3v) is 4.60. The van der Waals surface area contributed by atoms with Crippen LogP contribution in [0.1, 0.15) is 22.5 Å². The Morgan fingerprint density at radius 1 is 1.52 bits per heavy atom. The Balaban J connectivity index is 1.62. The molecule has 2 aromatic rings. The van der Waals surface area contributed by atoms with Gasteiger partial charge < -0.3 is 19.5 Å². The van der Waals surface area contributed by atoms with Crippen LogP contribution in [0, 0.1) is 5.82 Å². The number of ether oxygens (including phenoxy) is 3. The molecule has 1 saturated heterocycles. The van der Waals surface area contributed by atoms with Gasteiger partial charge in [0.2, 0.25) is 0 Å². The van der Waals surface area contributed by atoms with Crippen molar-refractivity contribution in [2.75, 3.05) is 20.3 Å². The Morgan fingerprint density at radius 3 is 3.12 bits per heavy atom. The molecule has 1 aliphatic heterocycles. The molecule has 1 fully saturated rings. The van der Waals surface area contributed by atoms with Crippen molar-refractivity contribution in [3.63, 3.8) is 0 Å². The van der Waals surface area contributed by atoms with Gasteiger partial charge in [-0.2, -0.15) is 0 Å². The Bertz CT molecular complexity index is 711. The number of methoxy groups -OCH3 is 1. The second kappa shape index (κ2) is 8.37. The van der Waals surface area contributed by atoms with Gasteiger partial charge in [-0.05, 0) is 24.6 Å². The van der Waals surface area contributed by atoms with Crippen LogP contribution in [0.4, 0.5) is 4.39 Å². The third-order valence-electron chi connectivity index (χ3n) is 3.96.